The van der Waals surface area contributed by atoms with Crippen molar-refractivity contribution in [1.82, 2.24) is 0 Å². The maximum atomic E-state index is 9.81. The average molecular weight is 421 g/mol. The van der Waals surface area contributed by atoms with E-state index in [4.69, 9.17) is 18.9 Å². The van der Waals surface area contributed by atoms with Crippen LogP contribution in [0.2, 0.25) is 0 Å². The first-order valence-electron chi connectivity index (χ1n) is 10.6. The molecule has 0 aliphatic rings. The lowest BCUT2D eigenvalue weighted by atomic mass is 10.3. The lowest BCUT2D eigenvalue weighted by Gasteiger charge is -2.14. The minimum Gasteiger partial charge on any atom is -0.491 e. The third kappa shape index (κ3) is 10.5. The number of ether oxygens (including phenoxy) is 4. The predicted octanol–water partition coefficient (Wildman–Crippen LogP) is 4.82. The zero-order chi connectivity index (χ0) is 22.4. The van der Waals surface area contributed by atoms with Gasteiger partial charge in [-0.1, -0.05) is 20.8 Å². The van der Waals surface area contributed by atoms with Gasteiger partial charge in [0.2, 0.25) is 0 Å². The second kappa shape index (κ2) is 14.7. The van der Waals surface area contributed by atoms with Gasteiger partial charge in [-0.25, -0.2) is 0 Å². The van der Waals surface area contributed by atoms with Crippen molar-refractivity contribution in [1.29, 1.82) is 0 Å². The Hall–Kier alpha value is -2.28. The second-order valence-electron chi connectivity index (χ2n) is 6.76. The fraction of sp³-hybridized carbons (Fsp3) is 0.500. The Morgan fingerprint density at radius 1 is 0.667 bits per heavy atom. The number of hydrogen-bond acceptors (Lipinski definition) is 6. The van der Waals surface area contributed by atoms with Gasteiger partial charge < -0.3 is 29.2 Å². The Balaban J connectivity index is 0.00000218. The van der Waals surface area contributed by atoms with Crippen molar-refractivity contribution in [2.75, 3.05) is 19.8 Å². The van der Waals surface area contributed by atoms with Crippen LogP contribution in [0.4, 0.5) is 0 Å². The van der Waals surface area contributed by atoms with E-state index in [1.165, 1.54) is 0 Å². The van der Waals surface area contributed by atoms with Crippen molar-refractivity contribution < 1.29 is 29.2 Å². The highest BCUT2D eigenvalue weighted by Gasteiger charge is 2.07. The molecule has 168 valence electrons. The summed E-state index contributed by atoms with van der Waals surface area (Å²) in [5.74, 6) is 2.68. The number of rotatable bonds is 12. The lowest BCUT2D eigenvalue weighted by molar-refractivity contribution is -0.0122. The summed E-state index contributed by atoms with van der Waals surface area (Å²) >= 11 is 0. The molecule has 0 saturated carbocycles. The first-order chi connectivity index (χ1) is 14.5. The van der Waals surface area contributed by atoms with E-state index in [1.54, 1.807) is 36.4 Å². The quantitative estimate of drug-likeness (QED) is 0.513. The van der Waals surface area contributed by atoms with Crippen molar-refractivity contribution in [3.05, 3.63) is 48.5 Å². The number of hydrogen-bond donors (Lipinski definition) is 2. The molecule has 0 aliphatic carbocycles. The molecule has 0 amide bonds. The SMILES string of the molecule is CC.CCC(O)COc1ccc(Oc2ccc(OCC(O)COC(C)C)cc2)cc1. The van der Waals surface area contributed by atoms with Crippen LogP contribution in [0.15, 0.2) is 48.5 Å². The van der Waals surface area contributed by atoms with Gasteiger partial charge in [0.05, 0.1) is 18.8 Å². The largest absolute Gasteiger partial charge is 0.491 e. The van der Waals surface area contributed by atoms with Crippen LogP contribution in [-0.4, -0.2) is 48.3 Å². The summed E-state index contributed by atoms with van der Waals surface area (Å²) in [4.78, 5) is 0. The van der Waals surface area contributed by atoms with Crippen LogP contribution >= 0.6 is 0 Å². The third-order valence-electron chi connectivity index (χ3n) is 3.86. The first kappa shape index (κ1) is 25.8. The molecular formula is C24H36O6. The van der Waals surface area contributed by atoms with E-state index in [0.717, 1.165) is 0 Å². The highest BCUT2D eigenvalue weighted by Crippen LogP contribution is 2.25. The van der Waals surface area contributed by atoms with Gasteiger partial charge in [-0.2, -0.15) is 0 Å². The molecule has 2 aromatic carbocycles. The van der Waals surface area contributed by atoms with Crippen molar-refractivity contribution in [2.45, 2.75) is 59.4 Å². The van der Waals surface area contributed by atoms with Crippen LogP contribution in [0, 0.1) is 0 Å². The molecule has 0 fully saturated rings. The molecule has 0 spiro atoms. The summed E-state index contributed by atoms with van der Waals surface area (Å²) < 4.78 is 22.2. The molecule has 6 nitrogen and oxygen atoms in total. The molecule has 0 radical (unpaired) electrons. The second-order valence-corrected chi connectivity index (χ2v) is 6.76. The van der Waals surface area contributed by atoms with Crippen LogP contribution < -0.4 is 14.2 Å². The Morgan fingerprint density at radius 2 is 1.07 bits per heavy atom. The zero-order valence-electron chi connectivity index (χ0n) is 18.7. The Bertz CT molecular complexity index is 669. The normalized spacial score (nSPS) is 12.5. The molecule has 0 bridgehead atoms. The monoisotopic (exact) mass is 420 g/mol. The van der Waals surface area contributed by atoms with Crippen molar-refractivity contribution in [2.24, 2.45) is 0 Å². The smallest absolute Gasteiger partial charge is 0.127 e. The minimum absolute atomic E-state index is 0.0784. The molecule has 0 aromatic heterocycles. The van der Waals surface area contributed by atoms with E-state index in [-0.39, 0.29) is 25.9 Å². The summed E-state index contributed by atoms with van der Waals surface area (Å²) in [5, 5.41) is 19.3. The molecule has 2 N–H and O–H groups in total. The fourth-order valence-electron chi connectivity index (χ4n) is 2.20. The molecule has 0 aliphatic heterocycles. The van der Waals surface area contributed by atoms with Gasteiger partial charge in [0.15, 0.2) is 0 Å². The highest BCUT2D eigenvalue weighted by atomic mass is 16.5. The van der Waals surface area contributed by atoms with Crippen LogP contribution in [-0.2, 0) is 4.74 Å². The van der Waals surface area contributed by atoms with Gasteiger partial charge in [-0.15, -0.1) is 0 Å². The summed E-state index contributed by atoms with van der Waals surface area (Å²) in [5.41, 5.74) is 0. The lowest BCUT2D eigenvalue weighted by Crippen LogP contribution is -2.25. The zero-order valence-corrected chi connectivity index (χ0v) is 18.7. The van der Waals surface area contributed by atoms with Crippen LogP contribution in [0.3, 0.4) is 0 Å². The molecule has 2 rings (SSSR count). The summed E-state index contributed by atoms with van der Waals surface area (Å²) in [7, 11) is 0. The van der Waals surface area contributed by atoms with Gasteiger partial charge >= 0.3 is 0 Å². The van der Waals surface area contributed by atoms with Gasteiger partial charge in [0, 0.05) is 0 Å². The Kier molecular flexibility index (Phi) is 12.6. The van der Waals surface area contributed by atoms with Crippen molar-refractivity contribution in [3.63, 3.8) is 0 Å². The maximum Gasteiger partial charge on any atom is 0.127 e. The summed E-state index contributed by atoms with van der Waals surface area (Å²) in [6.07, 6.45) is -0.390. The third-order valence-corrected chi connectivity index (χ3v) is 3.86. The summed E-state index contributed by atoms with van der Waals surface area (Å²) in [6, 6.07) is 14.4. The number of aliphatic hydroxyl groups is 2. The molecule has 2 atom stereocenters. The highest BCUT2D eigenvalue weighted by molar-refractivity contribution is 5.37. The summed E-state index contributed by atoms with van der Waals surface area (Å²) in [6.45, 7) is 10.4. The van der Waals surface area contributed by atoms with Gasteiger partial charge in [0.25, 0.3) is 0 Å². The molecule has 2 aromatic rings. The molecular weight excluding hydrogens is 384 g/mol. The Morgan fingerprint density at radius 3 is 1.47 bits per heavy atom. The van der Waals surface area contributed by atoms with Gasteiger partial charge in [0.1, 0.15) is 42.3 Å². The van der Waals surface area contributed by atoms with E-state index in [0.29, 0.717) is 29.4 Å². The van der Waals surface area contributed by atoms with E-state index in [1.807, 2.05) is 46.8 Å². The van der Waals surface area contributed by atoms with Crippen LogP contribution in [0.25, 0.3) is 0 Å². The van der Waals surface area contributed by atoms with E-state index < -0.39 is 12.2 Å². The van der Waals surface area contributed by atoms with Crippen LogP contribution in [0.1, 0.15) is 41.0 Å². The van der Waals surface area contributed by atoms with E-state index in [2.05, 4.69) is 0 Å². The van der Waals surface area contributed by atoms with Crippen molar-refractivity contribution >= 4 is 0 Å². The number of benzene rings is 2. The standard InChI is InChI=1S/C22H30O6.C2H6/c1-4-17(23)13-26-19-5-9-21(10-6-19)28-22-11-7-20(8-12-22)27-15-18(24)14-25-16(2)3;1-2/h5-12,16-18,23-24H,4,13-15H2,1-3H3;1-2H3. The minimum atomic E-state index is -0.669. The van der Waals surface area contributed by atoms with E-state index in [9.17, 15) is 10.2 Å². The average Bonchev–Trinajstić information content (AvgIpc) is 2.77. The van der Waals surface area contributed by atoms with Gasteiger partial charge in [-0.05, 0) is 68.8 Å². The molecule has 6 heteroatoms. The Labute approximate surface area is 180 Å². The van der Waals surface area contributed by atoms with Crippen molar-refractivity contribution in [3.8, 4) is 23.0 Å². The first-order valence-corrected chi connectivity index (χ1v) is 10.6. The molecule has 0 saturated heterocycles. The van der Waals surface area contributed by atoms with E-state index >= 15 is 0 Å². The number of aliphatic hydroxyl groups excluding tert-OH is 2. The molecule has 2 unspecified atom stereocenters. The molecule has 30 heavy (non-hydrogen) atoms. The topological polar surface area (TPSA) is 77.4 Å². The van der Waals surface area contributed by atoms with Crippen LogP contribution in [0.5, 0.6) is 23.0 Å². The van der Waals surface area contributed by atoms with Gasteiger partial charge in [-0.3, -0.25) is 0 Å². The maximum absolute atomic E-state index is 9.81. The predicted molar refractivity (Wildman–Crippen MR) is 119 cm³/mol. The fourth-order valence-corrected chi connectivity index (χ4v) is 2.20. The molecule has 0 heterocycles.